The molecule has 4 aliphatic heterocycles. The Balaban J connectivity index is 1.30. The van der Waals surface area contributed by atoms with Crippen molar-refractivity contribution in [3.63, 3.8) is 0 Å². The van der Waals surface area contributed by atoms with Crippen molar-refractivity contribution < 1.29 is 23.9 Å². The van der Waals surface area contributed by atoms with Crippen LogP contribution in [0.1, 0.15) is 83.1 Å². The Kier molecular flexibility index (Phi) is 8.98. The summed E-state index contributed by atoms with van der Waals surface area (Å²) in [5.41, 5.74) is 5.43. The SMILES string of the molecule is CCC1(N2NC(Nc3ccc(C(=O)N4C[C@@H](C)O[C@@H](C)C4)c(C)c3)C3C(=O)NCCC32)CCN(C(=O)OC(C)(C)C)CC1. The molecule has 238 valence electrons. The predicted molar refractivity (Wildman–Crippen MR) is 164 cm³/mol. The van der Waals surface area contributed by atoms with Crippen LogP contribution in [0.25, 0.3) is 0 Å². The number of fused-ring (bicyclic) bond motifs is 1. The van der Waals surface area contributed by atoms with Crippen LogP contribution in [0.4, 0.5) is 10.5 Å². The van der Waals surface area contributed by atoms with Crippen LogP contribution in [0.3, 0.4) is 0 Å². The number of nitrogens with one attached hydrogen (secondary N) is 3. The molecule has 5 atom stereocenters. The second kappa shape index (κ2) is 12.2. The van der Waals surface area contributed by atoms with Gasteiger partial charge >= 0.3 is 6.09 Å². The lowest BCUT2D eigenvalue weighted by atomic mass is 9.81. The Morgan fingerprint density at radius 1 is 1.12 bits per heavy atom. The summed E-state index contributed by atoms with van der Waals surface area (Å²) in [5, 5.41) is 9.00. The number of likely N-dealkylation sites (tertiary alicyclic amines) is 1. The molecule has 0 aromatic heterocycles. The zero-order chi connectivity index (χ0) is 31.1. The first-order valence-electron chi connectivity index (χ1n) is 15.9. The molecule has 4 fully saturated rings. The predicted octanol–water partition coefficient (Wildman–Crippen LogP) is 3.49. The van der Waals surface area contributed by atoms with E-state index < -0.39 is 5.60 Å². The van der Waals surface area contributed by atoms with Crippen LogP contribution < -0.4 is 16.1 Å². The molecule has 3 amide bonds. The van der Waals surface area contributed by atoms with Gasteiger partial charge in [0, 0.05) is 55.6 Å². The number of amides is 3. The molecule has 1 aromatic carbocycles. The van der Waals surface area contributed by atoms with Crippen molar-refractivity contribution in [2.45, 2.75) is 110 Å². The van der Waals surface area contributed by atoms with Crippen molar-refractivity contribution in [3.05, 3.63) is 29.3 Å². The highest BCUT2D eigenvalue weighted by atomic mass is 16.6. The number of aryl methyl sites for hydroxylation is 1. The first-order valence-corrected chi connectivity index (χ1v) is 15.9. The van der Waals surface area contributed by atoms with E-state index >= 15 is 0 Å². The van der Waals surface area contributed by atoms with Crippen molar-refractivity contribution in [3.8, 4) is 0 Å². The number of hydrogen-bond acceptors (Lipinski definition) is 8. The van der Waals surface area contributed by atoms with E-state index in [9.17, 15) is 14.4 Å². The summed E-state index contributed by atoms with van der Waals surface area (Å²) >= 11 is 0. The van der Waals surface area contributed by atoms with Gasteiger partial charge in [-0.2, -0.15) is 0 Å². The summed E-state index contributed by atoms with van der Waals surface area (Å²) < 4.78 is 11.4. The van der Waals surface area contributed by atoms with Crippen LogP contribution in [0.5, 0.6) is 0 Å². The lowest BCUT2D eigenvalue weighted by Gasteiger charge is -2.49. The van der Waals surface area contributed by atoms with E-state index in [1.165, 1.54) is 0 Å². The third-order valence-corrected chi connectivity index (χ3v) is 9.43. The van der Waals surface area contributed by atoms with Crippen molar-refractivity contribution in [2.75, 3.05) is 38.0 Å². The van der Waals surface area contributed by atoms with Crippen molar-refractivity contribution >= 4 is 23.6 Å². The van der Waals surface area contributed by atoms with Gasteiger partial charge in [0.05, 0.1) is 18.1 Å². The molecule has 4 aliphatic rings. The molecule has 5 rings (SSSR count). The van der Waals surface area contributed by atoms with Crippen LogP contribution in [0.2, 0.25) is 0 Å². The van der Waals surface area contributed by atoms with Crippen molar-refractivity contribution in [1.82, 2.24) is 25.6 Å². The smallest absolute Gasteiger partial charge is 0.410 e. The largest absolute Gasteiger partial charge is 0.444 e. The molecule has 0 aliphatic carbocycles. The second-order valence-corrected chi connectivity index (χ2v) is 13.8. The monoisotopic (exact) mass is 598 g/mol. The molecule has 0 bridgehead atoms. The number of hydrogen-bond donors (Lipinski definition) is 3. The molecular weight excluding hydrogens is 548 g/mol. The molecule has 4 saturated heterocycles. The van der Waals surface area contributed by atoms with Gasteiger partial charge in [-0.25, -0.2) is 15.2 Å². The highest BCUT2D eigenvalue weighted by molar-refractivity contribution is 5.96. The fourth-order valence-electron chi connectivity index (χ4n) is 7.30. The van der Waals surface area contributed by atoms with Crippen molar-refractivity contribution in [1.29, 1.82) is 0 Å². The topological polar surface area (TPSA) is 115 Å². The lowest BCUT2D eigenvalue weighted by molar-refractivity contribution is -0.128. The molecule has 3 unspecified atom stereocenters. The zero-order valence-corrected chi connectivity index (χ0v) is 26.9. The van der Waals surface area contributed by atoms with Crippen LogP contribution in [0, 0.1) is 12.8 Å². The molecule has 0 spiro atoms. The fourth-order valence-corrected chi connectivity index (χ4v) is 7.30. The van der Waals surface area contributed by atoms with E-state index in [-0.39, 0.29) is 53.8 Å². The highest BCUT2D eigenvalue weighted by Gasteiger charge is 2.54. The molecule has 0 radical (unpaired) electrons. The maximum Gasteiger partial charge on any atom is 0.410 e. The molecule has 1 aromatic rings. The van der Waals surface area contributed by atoms with E-state index in [1.54, 1.807) is 4.90 Å². The summed E-state index contributed by atoms with van der Waals surface area (Å²) in [7, 11) is 0. The number of rotatable bonds is 5. The van der Waals surface area contributed by atoms with Gasteiger partial charge in [-0.3, -0.25) is 9.59 Å². The van der Waals surface area contributed by atoms with E-state index in [0.29, 0.717) is 38.3 Å². The van der Waals surface area contributed by atoms with Gasteiger partial charge in [0.2, 0.25) is 5.91 Å². The molecule has 43 heavy (non-hydrogen) atoms. The molecular formula is C32H50N6O5. The van der Waals surface area contributed by atoms with Gasteiger partial charge < -0.3 is 29.9 Å². The number of carbonyl (C=O) groups is 3. The number of anilines is 1. The molecule has 4 heterocycles. The summed E-state index contributed by atoms with van der Waals surface area (Å²) in [6.07, 6.45) is 2.78. The normalized spacial score (nSPS) is 29.6. The summed E-state index contributed by atoms with van der Waals surface area (Å²) in [6.45, 7) is 16.8. The minimum absolute atomic E-state index is 0.0101. The highest BCUT2D eigenvalue weighted by Crippen LogP contribution is 2.40. The Labute approximate surface area is 256 Å². The Morgan fingerprint density at radius 3 is 2.40 bits per heavy atom. The zero-order valence-electron chi connectivity index (χ0n) is 26.9. The van der Waals surface area contributed by atoms with E-state index in [2.05, 4.69) is 28.0 Å². The Hall–Kier alpha value is -2.89. The van der Waals surface area contributed by atoms with Gasteiger partial charge in [0.15, 0.2) is 0 Å². The second-order valence-electron chi connectivity index (χ2n) is 13.8. The van der Waals surface area contributed by atoms with E-state index in [1.807, 2.05) is 64.6 Å². The Morgan fingerprint density at radius 2 is 1.79 bits per heavy atom. The minimum Gasteiger partial charge on any atom is -0.444 e. The molecule has 11 nitrogen and oxygen atoms in total. The van der Waals surface area contributed by atoms with Crippen LogP contribution >= 0.6 is 0 Å². The van der Waals surface area contributed by atoms with Crippen LogP contribution in [-0.2, 0) is 14.3 Å². The van der Waals surface area contributed by atoms with Crippen molar-refractivity contribution in [2.24, 2.45) is 5.92 Å². The Bertz CT molecular complexity index is 1200. The average molecular weight is 599 g/mol. The maximum absolute atomic E-state index is 13.4. The van der Waals surface area contributed by atoms with Gasteiger partial charge in [-0.1, -0.05) is 6.92 Å². The van der Waals surface area contributed by atoms with Gasteiger partial charge in [0.1, 0.15) is 11.8 Å². The average Bonchev–Trinajstić information content (AvgIpc) is 3.31. The third-order valence-electron chi connectivity index (χ3n) is 9.43. The van der Waals surface area contributed by atoms with E-state index in [0.717, 1.165) is 36.9 Å². The first kappa shape index (κ1) is 31.5. The third kappa shape index (κ3) is 6.63. The van der Waals surface area contributed by atoms with Crippen LogP contribution in [0.15, 0.2) is 18.2 Å². The standard InChI is InChI=1S/C32H50N6O5/c1-8-32(12-15-36(16-13-32)30(41)43-31(5,6)7)38-25-11-14-33-28(39)26(25)27(35-38)34-23-9-10-24(20(2)17-23)29(40)37-18-21(3)42-22(4)19-37/h9-10,17,21-22,25-27,34-35H,8,11-16,18-19H2,1-7H3,(H,33,39)/t21-,22+,25?,26?,27?. The number of benzene rings is 1. The number of piperidine rings is 2. The van der Waals surface area contributed by atoms with Gasteiger partial charge in [-0.15, -0.1) is 0 Å². The van der Waals surface area contributed by atoms with E-state index in [4.69, 9.17) is 9.47 Å². The molecule has 11 heteroatoms. The summed E-state index contributed by atoms with van der Waals surface area (Å²) in [4.78, 5) is 43.1. The minimum atomic E-state index is -0.530. The number of ether oxygens (including phenoxy) is 2. The lowest BCUT2D eigenvalue weighted by Crippen LogP contribution is -2.62. The van der Waals surface area contributed by atoms with Gasteiger partial charge in [-0.05, 0) is 91.0 Å². The first-order chi connectivity index (χ1) is 20.3. The molecule has 0 saturated carbocycles. The number of morpholine rings is 1. The number of carbonyl (C=O) groups excluding carboxylic acids is 3. The van der Waals surface area contributed by atoms with Gasteiger partial charge in [0.25, 0.3) is 5.91 Å². The number of nitrogens with zero attached hydrogens (tertiary/aromatic N) is 3. The summed E-state index contributed by atoms with van der Waals surface area (Å²) in [6, 6.07) is 5.85. The maximum atomic E-state index is 13.4. The summed E-state index contributed by atoms with van der Waals surface area (Å²) in [5.74, 6) is -0.218. The quantitative estimate of drug-likeness (QED) is 0.472. The van der Waals surface area contributed by atoms with Crippen LogP contribution in [-0.4, -0.2) is 101 Å². The number of hydrazine groups is 1. The fraction of sp³-hybridized carbons (Fsp3) is 0.719. The molecule has 3 N–H and O–H groups in total.